The van der Waals surface area contributed by atoms with Gasteiger partial charge in [-0.15, -0.1) is 0 Å². The molecule has 0 fully saturated rings. The molecule has 0 spiro atoms. The smallest absolute Gasteiger partial charge is 0.119 e. The highest BCUT2D eigenvalue weighted by atomic mass is 16.5. The van der Waals surface area contributed by atoms with Gasteiger partial charge in [0.15, 0.2) is 0 Å². The lowest BCUT2D eigenvalue weighted by Crippen LogP contribution is -2.03. The van der Waals surface area contributed by atoms with E-state index in [2.05, 4.69) is 10.2 Å². The first-order chi connectivity index (χ1) is 11.3. The fraction of sp³-hybridized carbons (Fsp3) is 0.167. The van der Waals surface area contributed by atoms with Gasteiger partial charge < -0.3 is 15.2 Å². The Labute approximate surface area is 135 Å². The predicted octanol–water partition coefficient (Wildman–Crippen LogP) is 3.35. The van der Waals surface area contributed by atoms with E-state index < -0.39 is 0 Å². The zero-order valence-electron chi connectivity index (χ0n) is 13.0. The summed E-state index contributed by atoms with van der Waals surface area (Å²) >= 11 is 0. The molecule has 0 aliphatic carbocycles. The highest BCUT2D eigenvalue weighted by Gasteiger charge is 2.06. The van der Waals surface area contributed by atoms with Crippen LogP contribution < -0.4 is 10.5 Å². The van der Waals surface area contributed by atoms with Crippen LogP contribution >= 0.6 is 0 Å². The fourth-order valence-corrected chi connectivity index (χ4v) is 2.24. The lowest BCUT2D eigenvalue weighted by atomic mass is 10.1. The number of ether oxygens (including phenoxy) is 2. The maximum atomic E-state index is 5.71. The summed E-state index contributed by atoms with van der Waals surface area (Å²) in [7, 11) is 1.66. The summed E-state index contributed by atoms with van der Waals surface area (Å²) in [5.41, 5.74) is 10.4. The molecule has 0 saturated heterocycles. The van der Waals surface area contributed by atoms with Crippen molar-refractivity contribution in [2.45, 2.75) is 0 Å². The Bertz CT molecular complexity index is 749. The monoisotopic (exact) mass is 309 g/mol. The van der Waals surface area contributed by atoms with E-state index in [9.17, 15) is 0 Å². The Balaban J connectivity index is 1.73. The number of aromatic nitrogens is 2. The number of nitrogens with one attached hydrogen (secondary N) is 1. The molecule has 23 heavy (non-hydrogen) atoms. The molecule has 5 heteroatoms. The van der Waals surface area contributed by atoms with Gasteiger partial charge in [0.1, 0.15) is 12.4 Å². The van der Waals surface area contributed by atoms with E-state index in [1.807, 2.05) is 54.6 Å². The minimum Gasteiger partial charge on any atom is -0.491 e. The van der Waals surface area contributed by atoms with Crippen molar-refractivity contribution in [3.05, 3.63) is 54.6 Å². The third kappa shape index (κ3) is 3.70. The fourth-order valence-electron chi connectivity index (χ4n) is 2.24. The molecule has 0 unspecified atom stereocenters. The normalized spacial score (nSPS) is 10.7. The van der Waals surface area contributed by atoms with Crippen molar-refractivity contribution in [2.75, 3.05) is 26.1 Å². The van der Waals surface area contributed by atoms with E-state index in [-0.39, 0.29) is 0 Å². The number of rotatable bonds is 6. The molecule has 3 aromatic rings. The topological polar surface area (TPSA) is 73.2 Å². The SMILES string of the molecule is COCCOc1ccc(-c2cc(-c3ccc(N)cc3)[nH]n2)cc1. The highest BCUT2D eigenvalue weighted by molar-refractivity contribution is 5.69. The first-order valence-electron chi connectivity index (χ1n) is 7.40. The Morgan fingerprint density at radius 3 is 2.35 bits per heavy atom. The molecule has 5 nitrogen and oxygen atoms in total. The van der Waals surface area contributed by atoms with Crippen LogP contribution in [0, 0.1) is 0 Å². The van der Waals surface area contributed by atoms with E-state index in [4.69, 9.17) is 15.2 Å². The molecule has 0 aliphatic heterocycles. The molecule has 0 saturated carbocycles. The highest BCUT2D eigenvalue weighted by Crippen LogP contribution is 2.25. The number of benzene rings is 2. The number of nitrogens with two attached hydrogens (primary N) is 1. The van der Waals surface area contributed by atoms with Crippen LogP contribution in [0.2, 0.25) is 0 Å². The van der Waals surface area contributed by atoms with Crippen molar-refractivity contribution in [1.82, 2.24) is 10.2 Å². The average molecular weight is 309 g/mol. The van der Waals surface area contributed by atoms with E-state index in [0.29, 0.717) is 13.2 Å². The summed E-state index contributed by atoms with van der Waals surface area (Å²) in [6, 6.07) is 17.6. The maximum absolute atomic E-state index is 5.71. The van der Waals surface area contributed by atoms with Gasteiger partial charge in [-0.05, 0) is 48.0 Å². The quantitative estimate of drug-likeness (QED) is 0.541. The van der Waals surface area contributed by atoms with Gasteiger partial charge in [0.25, 0.3) is 0 Å². The van der Waals surface area contributed by atoms with E-state index >= 15 is 0 Å². The van der Waals surface area contributed by atoms with Crippen molar-refractivity contribution < 1.29 is 9.47 Å². The van der Waals surface area contributed by atoms with Crippen LogP contribution in [-0.4, -0.2) is 30.5 Å². The summed E-state index contributed by atoms with van der Waals surface area (Å²) in [6.07, 6.45) is 0. The third-order valence-electron chi connectivity index (χ3n) is 3.51. The second kappa shape index (κ2) is 6.98. The molecule has 118 valence electrons. The Hall–Kier alpha value is -2.79. The van der Waals surface area contributed by atoms with Gasteiger partial charge in [-0.25, -0.2) is 0 Å². The summed E-state index contributed by atoms with van der Waals surface area (Å²) in [4.78, 5) is 0. The number of hydrogen-bond donors (Lipinski definition) is 2. The molecular weight excluding hydrogens is 290 g/mol. The zero-order valence-corrected chi connectivity index (χ0v) is 13.0. The number of nitrogens with zero attached hydrogens (tertiary/aromatic N) is 1. The molecule has 0 aliphatic rings. The molecule has 0 amide bonds. The minimum atomic E-state index is 0.541. The second-order valence-electron chi connectivity index (χ2n) is 5.15. The first kappa shape index (κ1) is 15.1. The number of H-pyrrole nitrogens is 1. The van der Waals surface area contributed by atoms with Gasteiger partial charge in [0.2, 0.25) is 0 Å². The standard InChI is InChI=1S/C18H19N3O2/c1-22-10-11-23-16-8-4-14(5-9-16)18-12-17(20-21-18)13-2-6-15(19)7-3-13/h2-9,12H,10-11,19H2,1H3,(H,20,21). The van der Waals surface area contributed by atoms with Gasteiger partial charge in [-0.1, -0.05) is 12.1 Å². The van der Waals surface area contributed by atoms with Crippen molar-refractivity contribution >= 4 is 5.69 Å². The number of nitrogen functional groups attached to an aromatic ring is 1. The first-order valence-corrected chi connectivity index (χ1v) is 7.40. The molecule has 0 atom stereocenters. The summed E-state index contributed by atoms with van der Waals surface area (Å²) < 4.78 is 10.5. The average Bonchev–Trinajstić information content (AvgIpc) is 3.06. The number of methoxy groups -OCH3 is 1. The summed E-state index contributed by atoms with van der Waals surface area (Å²) in [6.45, 7) is 1.12. The van der Waals surface area contributed by atoms with Gasteiger partial charge >= 0.3 is 0 Å². The van der Waals surface area contributed by atoms with Crippen LogP contribution in [0.3, 0.4) is 0 Å². The molecule has 1 heterocycles. The van der Waals surface area contributed by atoms with Crippen molar-refractivity contribution in [1.29, 1.82) is 0 Å². The maximum Gasteiger partial charge on any atom is 0.119 e. The van der Waals surface area contributed by atoms with Gasteiger partial charge in [-0.3, -0.25) is 5.10 Å². The Morgan fingerprint density at radius 2 is 1.65 bits per heavy atom. The van der Waals surface area contributed by atoms with E-state index in [0.717, 1.165) is 34.0 Å². The van der Waals surface area contributed by atoms with Gasteiger partial charge in [0.05, 0.1) is 18.0 Å². The number of hydrogen-bond acceptors (Lipinski definition) is 4. The van der Waals surface area contributed by atoms with Crippen LogP contribution in [0.25, 0.3) is 22.5 Å². The molecule has 3 rings (SSSR count). The van der Waals surface area contributed by atoms with Crippen molar-refractivity contribution in [3.8, 4) is 28.3 Å². The lowest BCUT2D eigenvalue weighted by Gasteiger charge is -2.05. The Morgan fingerprint density at radius 1 is 0.957 bits per heavy atom. The molecule has 2 aromatic carbocycles. The van der Waals surface area contributed by atoms with Crippen LogP contribution in [0.1, 0.15) is 0 Å². The zero-order chi connectivity index (χ0) is 16.1. The number of anilines is 1. The lowest BCUT2D eigenvalue weighted by molar-refractivity contribution is 0.146. The molecular formula is C18H19N3O2. The molecule has 0 bridgehead atoms. The molecule has 0 radical (unpaired) electrons. The van der Waals surface area contributed by atoms with E-state index in [1.165, 1.54) is 0 Å². The van der Waals surface area contributed by atoms with Crippen molar-refractivity contribution in [2.24, 2.45) is 0 Å². The predicted molar refractivity (Wildman–Crippen MR) is 91.2 cm³/mol. The molecule has 1 aromatic heterocycles. The number of aromatic amines is 1. The van der Waals surface area contributed by atoms with E-state index in [1.54, 1.807) is 7.11 Å². The minimum absolute atomic E-state index is 0.541. The van der Waals surface area contributed by atoms with Crippen molar-refractivity contribution in [3.63, 3.8) is 0 Å². The van der Waals surface area contributed by atoms with Crippen LogP contribution in [0.4, 0.5) is 5.69 Å². The second-order valence-corrected chi connectivity index (χ2v) is 5.15. The summed E-state index contributed by atoms with van der Waals surface area (Å²) in [5.74, 6) is 0.820. The third-order valence-corrected chi connectivity index (χ3v) is 3.51. The van der Waals surface area contributed by atoms with Crippen LogP contribution in [-0.2, 0) is 4.74 Å². The summed E-state index contributed by atoms with van der Waals surface area (Å²) in [5, 5.41) is 7.43. The molecule has 3 N–H and O–H groups in total. The largest absolute Gasteiger partial charge is 0.491 e. The van der Waals surface area contributed by atoms with Crippen LogP contribution in [0.5, 0.6) is 5.75 Å². The van der Waals surface area contributed by atoms with Gasteiger partial charge in [-0.2, -0.15) is 5.10 Å². The van der Waals surface area contributed by atoms with Gasteiger partial charge in [0, 0.05) is 18.4 Å². The van der Waals surface area contributed by atoms with Crippen LogP contribution in [0.15, 0.2) is 54.6 Å². The Kier molecular flexibility index (Phi) is 4.59.